The second-order valence-corrected chi connectivity index (χ2v) is 8.80. The fourth-order valence-electron chi connectivity index (χ4n) is 3.22. The van der Waals surface area contributed by atoms with Crippen molar-refractivity contribution in [3.8, 4) is 0 Å². The lowest BCUT2D eigenvalue weighted by molar-refractivity contribution is 0.0961. The van der Waals surface area contributed by atoms with Gasteiger partial charge < -0.3 is 10.6 Å². The van der Waals surface area contributed by atoms with E-state index in [2.05, 4.69) is 15.7 Å². The molecule has 0 atom stereocenters. The molecule has 0 saturated carbocycles. The number of rotatable bonds is 5. The third-order valence-electron chi connectivity index (χ3n) is 4.78. The summed E-state index contributed by atoms with van der Waals surface area (Å²) in [5.41, 5.74) is 2.75. The first kappa shape index (κ1) is 21.4. The number of amides is 2. The van der Waals surface area contributed by atoms with Gasteiger partial charge in [-0.05, 0) is 48.9 Å². The molecule has 9 heteroatoms. The molecule has 2 N–H and O–H groups in total. The van der Waals surface area contributed by atoms with Crippen LogP contribution in [-0.2, 0) is 6.54 Å². The fourth-order valence-corrected chi connectivity index (χ4v) is 4.74. The molecule has 0 fully saturated rings. The number of carbonyl (C=O) groups is 2. The second-order valence-electron chi connectivity index (χ2n) is 6.92. The summed E-state index contributed by atoms with van der Waals surface area (Å²) in [4.78, 5) is 26.1. The zero-order valence-electron chi connectivity index (χ0n) is 16.7. The number of halogens is 2. The first-order valence-electron chi connectivity index (χ1n) is 9.40. The zero-order chi connectivity index (χ0) is 22.1. The zero-order valence-corrected chi connectivity index (χ0v) is 19.0. The minimum atomic E-state index is -0.245. The fraction of sp³-hybridized carbons (Fsp3) is 0.136. The van der Waals surface area contributed by atoms with Gasteiger partial charge in [-0.2, -0.15) is 5.10 Å². The number of carbonyl (C=O) groups excluding carboxylic acids is 2. The Morgan fingerprint density at radius 3 is 2.65 bits per heavy atom. The van der Waals surface area contributed by atoms with Crippen molar-refractivity contribution >= 4 is 62.3 Å². The Labute approximate surface area is 192 Å². The molecule has 31 heavy (non-hydrogen) atoms. The average Bonchev–Trinajstić information content (AvgIpc) is 3.31. The molecular formula is C22H18Cl2N4O2S. The summed E-state index contributed by atoms with van der Waals surface area (Å²) in [6.45, 7) is 2.37. The molecule has 0 unspecified atom stereocenters. The average molecular weight is 473 g/mol. The number of hydrogen-bond donors (Lipinski definition) is 2. The minimum Gasteiger partial charge on any atom is -0.355 e. The van der Waals surface area contributed by atoms with Gasteiger partial charge in [0.1, 0.15) is 4.83 Å². The van der Waals surface area contributed by atoms with E-state index in [1.165, 1.54) is 11.3 Å². The van der Waals surface area contributed by atoms with Crippen LogP contribution >= 0.6 is 34.5 Å². The van der Waals surface area contributed by atoms with E-state index in [9.17, 15) is 9.59 Å². The number of aryl methyl sites for hydroxylation is 1. The largest absolute Gasteiger partial charge is 0.355 e. The van der Waals surface area contributed by atoms with Crippen LogP contribution < -0.4 is 10.6 Å². The Morgan fingerprint density at radius 1 is 1.10 bits per heavy atom. The lowest BCUT2D eigenvalue weighted by Crippen LogP contribution is -2.18. The number of anilines is 1. The van der Waals surface area contributed by atoms with Gasteiger partial charge >= 0.3 is 0 Å². The van der Waals surface area contributed by atoms with E-state index in [0.29, 0.717) is 32.7 Å². The van der Waals surface area contributed by atoms with Crippen molar-refractivity contribution in [3.63, 3.8) is 0 Å². The molecule has 6 nitrogen and oxygen atoms in total. The van der Waals surface area contributed by atoms with Gasteiger partial charge in [-0.25, -0.2) is 0 Å². The molecule has 0 saturated heterocycles. The van der Waals surface area contributed by atoms with Crippen molar-refractivity contribution in [3.05, 3.63) is 80.3 Å². The molecule has 158 valence electrons. The predicted molar refractivity (Wildman–Crippen MR) is 126 cm³/mol. The van der Waals surface area contributed by atoms with Gasteiger partial charge in [0.25, 0.3) is 11.8 Å². The van der Waals surface area contributed by atoms with Gasteiger partial charge in [0, 0.05) is 33.7 Å². The SMILES string of the molecule is CNC(=O)c1cccc(NC(=O)c2cc3c(C)nn(Cc4ccc(Cl)cc4Cl)c3s2)c1. The van der Waals surface area contributed by atoms with Crippen LogP contribution in [0.2, 0.25) is 10.0 Å². The molecule has 0 spiro atoms. The molecular weight excluding hydrogens is 455 g/mol. The second kappa shape index (κ2) is 8.70. The molecule has 0 aliphatic carbocycles. The smallest absolute Gasteiger partial charge is 0.265 e. The molecule has 2 aromatic heterocycles. The van der Waals surface area contributed by atoms with E-state index in [1.54, 1.807) is 43.4 Å². The monoisotopic (exact) mass is 472 g/mol. The highest BCUT2D eigenvalue weighted by molar-refractivity contribution is 7.20. The van der Waals surface area contributed by atoms with Crippen molar-refractivity contribution < 1.29 is 9.59 Å². The standard InChI is InChI=1S/C22H18Cl2N4O2S/c1-12-17-10-19(21(30)26-16-5-3-4-13(8-16)20(29)25-2)31-22(17)28(27-12)11-14-6-7-15(23)9-18(14)24/h3-10H,11H2,1-2H3,(H,25,29)(H,26,30). The summed E-state index contributed by atoms with van der Waals surface area (Å²) in [5.74, 6) is -0.458. The van der Waals surface area contributed by atoms with Gasteiger partial charge in [0.2, 0.25) is 0 Å². The van der Waals surface area contributed by atoms with Crippen LogP contribution in [0.5, 0.6) is 0 Å². The van der Waals surface area contributed by atoms with Crippen molar-refractivity contribution in [2.24, 2.45) is 0 Å². The maximum atomic E-state index is 12.8. The lowest BCUT2D eigenvalue weighted by Gasteiger charge is -2.07. The molecule has 4 aromatic rings. The van der Waals surface area contributed by atoms with Gasteiger partial charge in [0.15, 0.2) is 0 Å². The molecule has 0 aliphatic heterocycles. The quantitative estimate of drug-likeness (QED) is 0.409. The molecule has 2 amide bonds. The Hall–Kier alpha value is -2.87. The van der Waals surface area contributed by atoms with E-state index in [4.69, 9.17) is 23.2 Å². The molecule has 4 rings (SSSR count). The number of thiophene rings is 1. The summed E-state index contributed by atoms with van der Waals surface area (Å²) in [5, 5.41) is 12.1. The number of nitrogens with zero attached hydrogens (tertiary/aromatic N) is 2. The van der Waals surface area contributed by atoms with Crippen molar-refractivity contribution in [1.82, 2.24) is 15.1 Å². The Balaban J connectivity index is 1.60. The van der Waals surface area contributed by atoms with E-state index in [0.717, 1.165) is 21.5 Å². The Bertz CT molecular complexity index is 1310. The summed E-state index contributed by atoms with van der Waals surface area (Å²) < 4.78 is 1.84. The van der Waals surface area contributed by atoms with E-state index in [1.807, 2.05) is 23.7 Å². The summed E-state index contributed by atoms with van der Waals surface area (Å²) in [6.07, 6.45) is 0. The van der Waals surface area contributed by atoms with Crippen molar-refractivity contribution in [1.29, 1.82) is 0 Å². The molecule has 0 aliphatic rings. The van der Waals surface area contributed by atoms with Crippen molar-refractivity contribution in [2.45, 2.75) is 13.5 Å². The highest BCUT2D eigenvalue weighted by atomic mass is 35.5. The molecule has 2 heterocycles. The van der Waals surface area contributed by atoms with Crippen LogP contribution in [0.1, 0.15) is 31.3 Å². The predicted octanol–water partition coefficient (Wildman–Crippen LogP) is 5.37. The summed E-state index contributed by atoms with van der Waals surface area (Å²) in [7, 11) is 1.56. The normalized spacial score (nSPS) is 11.0. The third kappa shape index (κ3) is 4.44. The molecule has 0 bridgehead atoms. The third-order valence-corrected chi connectivity index (χ3v) is 6.51. The number of benzene rings is 2. The van der Waals surface area contributed by atoms with E-state index >= 15 is 0 Å². The van der Waals surface area contributed by atoms with Gasteiger partial charge in [-0.15, -0.1) is 11.3 Å². The lowest BCUT2D eigenvalue weighted by atomic mass is 10.2. The van der Waals surface area contributed by atoms with Crippen LogP contribution in [0.4, 0.5) is 5.69 Å². The van der Waals surface area contributed by atoms with E-state index in [-0.39, 0.29) is 11.8 Å². The number of nitrogens with one attached hydrogen (secondary N) is 2. The highest BCUT2D eigenvalue weighted by Gasteiger charge is 2.18. The Kier molecular flexibility index (Phi) is 6.00. The maximum Gasteiger partial charge on any atom is 0.265 e. The summed E-state index contributed by atoms with van der Waals surface area (Å²) in [6, 6.07) is 14.0. The van der Waals surface area contributed by atoms with Crippen LogP contribution in [0, 0.1) is 6.92 Å². The van der Waals surface area contributed by atoms with Crippen LogP contribution in [0.3, 0.4) is 0 Å². The van der Waals surface area contributed by atoms with Gasteiger partial charge in [0.05, 0.1) is 17.1 Å². The maximum absolute atomic E-state index is 12.8. The van der Waals surface area contributed by atoms with Crippen LogP contribution in [0.15, 0.2) is 48.5 Å². The minimum absolute atomic E-state index is 0.213. The van der Waals surface area contributed by atoms with E-state index < -0.39 is 0 Å². The van der Waals surface area contributed by atoms with Crippen molar-refractivity contribution in [2.75, 3.05) is 12.4 Å². The molecule has 2 aromatic carbocycles. The highest BCUT2D eigenvalue weighted by Crippen LogP contribution is 2.30. The van der Waals surface area contributed by atoms with Crippen LogP contribution in [-0.4, -0.2) is 28.6 Å². The topological polar surface area (TPSA) is 76.0 Å². The Morgan fingerprint density at radius 2 is 1.90 bits per heavy atom. The summed E-state index contributed by atoms with van der Waals surface area (Å²) >= 11 is 13.7. The first-order chi connectivity index (χ1) is 14.9. The van der Waals surface area contributed by atoms with Gasteiger partial charge in [-0.3, -0.25) is 14.3 Å². The van der Waals surface area contributed by atoms with Gasteiger partial charge in [-0.1, -0.05) is 35.3 Å². The first-order valence-corrected chi connectivity index (χ1v) is 11.0. The number of fused-ring (bicyclic) bond motifs is 1. The number of aromatic nitrogens is 2. The molecule has 0 radical (unpaired) electrons. The van der Waals surface area contributed by atoms with Crippen LogP contribution in [0.25, 0.3) is 10.2 Å². The number of hydrogen-bond acceptors (Lipinski definition) is 4.